The van der Waals surface area contributed by atoms with Crippen molar-refractivity contribution in [3.05, 3.63) is 18.0 Å². The molecule has 0 aromatic carbocycles. The molecule has 1 aliphatic heterocycles. The Morgan fingerprint density at radius 1 is 1.50 bits per heavy atom. The van der Waals surface area contributed by atoms with Gasteiger partial charge in [-0.15, -0.1) is 0 Å². The highest BCUT2D eigenvalue weighted by Crippen LogP contribution is 2.41. The van der Waals surface area contributed by atoms with Gasteiger partial charge >= 0.3 is 0 Å². The van der Waals surface area contributed by atoms with E-state index in [0.29, 0.717) is 13.0 Å². The van der Waals surface area contributed by atoms with Gasteiger partial charge in [-0.2, -0.15) is 5.10 Å². The van der Waals surface area contributed by atoms with Crippen LogP contribution in [0.15, 0.2) is 12.4 Å². The van der Waals surface area contributed by atoms with Crippen molar-refractivity contribution in [3.8, 4) is 0 Å². The molecular weight excluding hydrogens is 228 g/mol. The fourth-order valence-electron chi connectivity index (χ4n) is 2.82. The molecule has 2 heterocycles. The van der Waals surface area contributed by atoms with E-state index in [1.54, 1.807) is 4.68 Å². The highest BCUT2D eigenvalue weighted by molar-refractivity contribution is 5.80. The Morgan fingerprint density at radius 3 is 2.61 bits per heavy atom. The van der Waals surface area contributed by atoms with Crippen LogP contribution in [-0.4, -0.2) is 32.7 Å². The second kappa shape index (κ2) is 4.39. The minimum absolute atomic E-state index is 0.0520. The average Bonchev–Trinajstić information content (AvgIpc) is 2.80. The lowest BCUT2D eigenvalue weighted by Gasteiger charge is -2.38. The van der Waals surface area contributed by atoms with Crippen LogP contribution >= 0.6 is 0 Å². The van der Waals surface area contributed by atoms with Gasteiger partial charge in [0.15, 0.2) is 0 Å². The van der Waals surface area contributed by atoms with Crippen LogP contribution in [0.3, 0.4) is 0 Å². The molecule has 1 fully saturated rings. The van der Waals surface area contributed by atoms with Gasteiger partial charge in [-0.3, -0.25) is 9.48 Å². The number of rotatable bonds is 2. The molecule has 5 nitrogen and oxygen atoms in total. The molecule has 1 saturated heterocycles. The van der Waals surface area contributed by atoms with Gasteiger partial charge in [0, 0.05) is 36.7 Å². The molecule has 0 spiro atoms. The Kier molecular flexibility index (Phi) is 3.19. The van der Waals surface area contributed by atoms with Crippen molar-refractivity contribution in [3.63, 3.8) is 0 Å². The van der Waals surface area contributed by atoms with Crippen LogP contribution in [0.1, 0.15) is 38.8 Å². The van der Waals surface area contributed by atoms with E-state index in [2.05, 4.69) is 25.9 Å². The predicted octanol–water partition coefficient (Wildman–Crippen LogP) is 1.07. The number of carbonyl (C=O) groups is 1. The fraction of sp³-hybridized carbons (Fsp3) is 0.692. The van der Waals surface area contributed by atoms with Crippen molar-refractivity contribution in [2.75, 3.05) is 6.54 Å². The van der Waals surface area contributed by atoms with Gasteiger partial charge in [0.2, 0.25) is 5.91 Å². The zero-order valence-electron chi connectivity index (χ0n) is 11.6. The Labute approximate surface area is 108 Å². The summed E-state index contributed by atoms with van der Waals surface area (Å²) in [5.41, 5.74) is 6.71. The van der Waals surface area contributed by atoms with E-state index in [1.807, 2.05) is 24.3 Å². The Morgan fingerprint density at radius 2 is 2.17 bits per heavy atom. The molecule has 2 N–H and O–H groups in total. The number of aryl methyl sites for hydroxylation is 1. The van der Waals surface area contributed by atoms with Crippen molar-refractivity contribution in [2.45, 2.75) is 38.8 Å². The predicted molar refractivity (Wildman–Crippen MR) is 69.7 cm³/mol. The molecule has 18 heavy (non-hydrogen) atoms. The standard InChI is InChI=1S/C13H22N4O/c1-13(2,3)17-11(18)5-9(6-14)12(17)10-7-15-16(4)8-10/h7-9,12H,5-6,14H2,1-4H3/t9-,12-/m0/s1. The SMILES string of the molecule is Cn1cc([C@@H]2[C@H](CN)CC(=O)N2C(C)(C)C)cn1. The number of hydrogen-bond donors (Lipinski definition) is 1. The Balaban J connectivity index is 2.41. The zero-order valence-corrected chi connectivity index (χ0v) is 11.6. The van der Waals surface area contributed by atoms with E-state index < -0.39 is 0 Å². The smallest absolute Gasteiger partial charge is 0.223 e. The van der Waals surface area contributed by atoms with Gasteiger partial charge in [-0.25, -0.2) is 0 Å². The number of amides is 1. The van der Waals surface area contributed by atoms with Gasteiger partial charge < -0.3 is 10.6 Å². The van der Waals surface area contributed by atoms with E-state index in [4.69, 9.17) is 5.73 Å². The molecule has 1 aliphatic rings. The van der Waals surface area contributed by atoms with Crippen LogP contribution in [0.25, 0.3) is 0 Å². The van der Waals surface area contributed by atoms with E-state index >= 15 is 0 Å². The maximum absolute atomic E-state index is 12.2. The maximum Gasteiger partial charge on any atom is 0.223 e. The summed E-state index contributed by atoms with van der Waals surface area (Å²) < 4.78 is 1.77. The van der Waals surface area contributed by atoms with Crippen molar-refractivity contribution >= 4 is 5.91 Å². The number of hydrogen-bond acceptors (Lipinski definition) is 3. The normalized spacial score (nSPS) is 24.9. The highest BCUT2D eigenvalue weighted by Gasteiger charge is 2.45. The van der Waals surface area contributed by atoms with Crippen molar-refractivity contribution in [1.29, 1.82) is 0 Å². The molecule has 1 aromatic rings. The molecule has 0 saturated carbocycles. The van der Waals surface area contributed by atoms with Crippen molar-refractivity contribution < 1.29 is 4.79 Å². The summed E-state index contributed by atoms with van der Waals surface area (Å²) in [7, 11) is 1.89. The summed E-state index contributed by atoms with van der Waals surface area (Å²) in [5.74, 6) is 0.368. The summed E-state index contributed by atoms with van der Waals surface area (Å²) in [6.07, 6.45) is 4.35. The van der Waals surface area contributed by atoms with E-state index in [-0.39, 0.29) is 23.4 Å². The number of aromatic nitrogens is 2. The van der Waals surface area contributed by atoms with Crippen LogP contribution in [0.4, 0.5) is 0 Å². The quantitative estimate of drug-likeness (QED) is 0.854. The Bertz CT molecular complexity index is 446. The van der Waals surface area contributed by atoms with Crippen LogP contribution in [0, 0.1) is 5.92 Å². The third kappa shape index (κ3) is 2.14. The summed E-state index contributed by atoms with van der Waals surface area (Å²) in [4.78, 5) is 14.2. The zero-order chi connectivity index (χ0) is 13.5. The third-order valence-electron chi connectivity index (χ3n) is 3.52. The fourth-order valence-corrected chi connectivity index (χ4v) is 2.82. The summed E-state index contributed by atoms with van der Waals surface area (Å²) in [6.45, 7) is 6.71. The van der Waals surface area contributed by atoms with Crippen LogP contribution in [0.5, 0.6) is 0 Å². The molecule has 0 unspecified atom stereocenters. The van der Waals surface area contributed by atoms with Crippen molar-refractivity contribution in [1.82, 2.24) is 14.7 Å². The molecular formula is C13H22N4O. The molecule has 0 radical (unpaired) electrons. The lowest BCUT2D eigenvalue weighted by atomic mass is 9.93. The van der Waals surface area contributed by atoms with Gasteiger partial charge in [-0.05, 0) is 27.3 Å². The van der Waals surface area contributed by atoms with Gasteiger partial charge in [0.25, 0.3) is 0 Å². The molecule has 1 amide bonds. The minimum Gasteiger partial charge on any atom is -0.330 e. The van der Waals surface area contributed by atoms with Crippen LogP contribution in [-0.2, 0) is 11.8 Å². The van der Waals surface area contributed by atoms with Gasteiger partial charge in [-0.1, -0.05) is 0 Å². The van der Waals surface area contributed by atoms with Crippen molar-refractivity contribution in [2.24, 2.45) is 18.7 Å². The average molecular weight is 250 g/mol. The number of likely N-dealkylation sites (tertiary alicyclic amines) is 1. The first-order valence-corrected chi connectivity index (χ1v) is 6.35. The Hall–Kier alpha value is -1.36. The third-order valence-corrected chi connectivity index (χ3v) is 3.52. The first-order chi connectivity index (χ1) is 8.34. The molecule has 5 heteroatoms. The molecule has 1 aromatic heterocycles. The second-order valence-electron chi connectivity index (χ2n) is 6.03. The molecule has 0 bridgehead atoms. The van der Waals surface area contributed by atoms with Gasteiger partial charge in [0.1, 0.15) is 0 Å². The molecule has 2 rings (SSSR count). The molecule has 2 atom stereocenters. The summed E-state index contributed by atoms with van der Waals surface area (Å²) >= 11 is 0. The first kappa shape index (κ1) is 13.1. The van der Waals surface area contributed by atoms with Gasteiger partial charge in [0.05, 0.1) is 12.2 Å². The number of nitrogens with zero attached hydrogens (tertiary/aromatic N) is 3. The van der Waals surface area contributed by atoms with Crippen LogP contribution in [0.2, 0.25) is 0 Å². The summed E-state index contributed by atoms with van der Waals surface area (Å²) in [6, 6.07) is 0.0520. The van der Waals surface area contributed by atoms with E-state index in [9.17, 15) is 4.79 Å². The van der Waals surface area contributed by atoms with E-state index in [1.165, 1.54) is 0 Å². The second-order valence-corrected chi connectivity index (χ2v) is 6.03. The first-order valence-electron chi connectivity index (χ1n) is 6.35. The number of nitrogens with two attached hydrogens (primary N) is 1. The summed E-state index contributed by atoms with van der Waals surface area (Å²) in [5, 5.41) is 4.21. The minimum atomic E-state index is -0.193. The number of carbonyl (C=O) groups excluding carboxylic acids is 1. The topological polar surface area (TPSA) is 64.2 Å². The highest BCUT2D eigenvalue weighted by atomic mass is 16.2. The molecule has 100 valence electrons. The molecule has 0 aliphatic carbocycles. The largest absolute Gasteiger partial charge is 0.330 e. The maximum atomic E-state index is 12.2. The lowest BCUT2D eigenvalue weighted by molar-refractivity contribution is -0.133. The monoisotopic (exact) mass is 250 g/mol. The van der Waals surface area contributed by atoms with Crippen LogP contribution < -0.4 is 5.73 Å². The van der Waals surface area contributed by atoms with E-state index in [0.717, 1.165) is 5.56 Å². The lowest BCUT2D eigenvalue weighted by Crippen LogP contribution is -2.44.